The van der Waals surface area contributed by atoms with Gasteiger partial charge < -0.3 is 14.8 Å². The molecule has 2 amide bonds. The highest BCUT2D eigenvalue weighted by atomic mass is 16.5. The van der Waals surface area contributed by atoms with Gasteiger partial charge >= 0.3 is 0 Å². The van der Waals surface area contributed by atoms with E-state index in [1.807, 2.05) is 47.1 Å². The van der Waals surface area contributed by atoms with Gasteiger partial charge in [0.05, 0.1) is 25.9 Å². The maximum atomic E-state index is 12.7. The lowest BCUT2D eigenvalue weighted by Crippen LogP contribution is -2.36. The number of methoxy groups -OCH3 is 2. The third-order valence-corrected chi connectivity index (χ3v) is 5.63. The van der Waals surface area contributed by atoms with Crippen LogP contribution in [0, 0.1) is 0 Å². The Hall–Kier alpha value is -3.65. The second kappa shape index (κ2) is 10.3. The van der Waals surface area contributed by atoms with Crippen molar-refractivity contribution in [3.05, 3.63) is 65.7 Å². The minimum absolute atomic E-state index is 0.0589. The van der Waals surface area contributed by atoms with Gasteiger partial charge in [0.2, 0.25) is 5.91 Å². The van der Waals surface area contributed by atoms with Crippen molar-refractivity contribution in [2.75, 3.05) is 32.3 Å². The molecule has 0 aliphatic carbocycles. The number of hydrogen-bond donors (Lipinski definition) is 1. The molecule has 0 fully saturated rings. The molecule has 0 saturated heterocycles. The number of nitrogens with one attached hydrogen (secondary N) is 1. The molecule has 0 bridgehead atoms. The van der Waals surface area contributed by atoms with Gasteiger partial charge in [0, 0.05) is 43.9 Å². The van der Waals surface area contributed by atoms with Gasteiger partial charge in [0.1, 0.15) is 11.6 Å². The number of aryl methyl sites for hydroxylation is 1. The molecule has 8 heteroatoms. The summed E-state index contributed by atoms with van der Waals surface area (Å²) >= 11 is 0. The number of carbonyl (C=O) groups excluding carboxylic acids is 2. The highest BCUT2D eigenvalue weighted by Crippen LogP contribution is 2.30. The smallest absolute Gasteiger partial charge is 0.251 e. The lowest BCUT2D eigenvalue weighted by atomic mass is 10.1. The van der Waals surface area contributed by atoms with E-state index in [-0.39, 0.29) is 11.8 Å². The standard InChI is InChI=1S/C25H28N4O4/c1-32-15-3-13-26-25(31)20-6-4-18(5-7-20)17-28-23-16-22(27-29(23)14-12-24(28)30)19-8-10-21(33-2)11-9-19/h4-11,16H,3,12-15,17H2,1-2H3,(H,26,31). The van der Waals surface area contributed by atoms with Crippen molar-refractivity contribution in [1.82, 2.24) is 15.1 Å². The Kier molecular flexibility index (Phi) is 7.04. The second-order valence-corrected chi connectivity index (χ2v) is 7.87. The number of benzene rings is 2. The van der Waals surface area contributed by atoms with Gasteiger partial charge in [0.25, 0.3) is 5.91 Å². The largest absolute Gasteiger partial charge is 0.497 e. The van der Waals surface area contributed by atoms with Gasteiger partial charge in [-0.3, -0.25) is 14.5 Å². The van der Waals surface area contributed by atoms with Crippen LogP contribution < -0.4 is 15.0 Å². The van der Waals surface area contributed by atoms with Crippen LogP contribution >= 0.6 is 0 Å². The molecule has 0 spiro atoms. The summed E-state index contributed by atoms with van der Waals surface area (Å²) in [6.45, 7) is 2.16. The van der Waals surface area contributed by atoms with Crippen LogP contribution in [0.15, 0.2) is 54.6 Å². The third kappa shape index (κ3) is 5.23. The van der Waals surface area contributed by atoms with Crippen molar-refractivity contribution in [2.24, 2.45) is 0 Å². The molecule has 0 radical (unpaired) electrons. The number of fused-ring (bicyclic) bond motifs is 1. The van der Waals surface area contributed by atoms with Gasteiger partial charge in [-0.2, -0.15) is 5.10 Å². The maximum absolute atomic E-state index is 12.7. The van der Waals surface area contributed by atoms with Crippen LogP contribution in [-0.2, 0) is 22.6 Å². The summed E-state index contributed by atoms with van der Waals surface area (Å²) in [6.07, 6.45) is 1.17. The number of aromatic nitrogens is 2. The second-order valence-electron chi connectivity index (χ2n) is 7.87. The summed E-state index contributed by atoms with van der Waals surface area (Å²) in [4.78, 5) is 26.8. The quantitative estimate of drug-likeness (QED) is 0.508. The van der Waals surface area contributed by atoms with E-state index in [2.05, 4.69) is 5.32 Å². The van der Waals surface area contributed by atoms with Crippen LogP contribution in [0.2, 0.25) is 0 Å². The lowest BCUT2D eigenvalue weighted by Gasteiger charge is -2.27. The van der Waals surface area contributed by atoms with Gasteiger partial charge in [-0.05, 0) is 48.4 Å². The Morgan fingerprint density at radius 2 is 1.85 bits per heavy atom. The molecule has 0 atom stereocenters. The van der Waals surface area contributed by atoms with E-state index in [1.54, 1.807) is 31.3 Å². The SMILES string of the molecule is COCCCNC(=O)c1ccc(CN2C(=O)CCn3nc(-c4ccc(OC)cc4)cc32)cc1. The summed E-state index contributed by atoms with van der Waals surface area (Å²) in [5.74, 6) is 1.50. The zero-order valence-corrected chi connectivity index (χ0v) is 18.9. The summed E-state index contributed by atoms with van der Waals surface area (Å²) in [5.41, 5.74) is 3.31. The van der Waals surface area contributed by atoms with Gasteiger partial charge in [0.15, 0.2) is 0 Å². The summed E-state index contributed by atoms with van der Waals surface area (Å²) in [5, 5.41) is 7.58. The van der Waals surface area contributed by atoms with Gasteiger partial charge in [-0.1, -0.05) is 12.1 Å². The minimum Gasteiger partial charge on any atom is -0.497 e. The number of anilines is 1. The van der Waals surface area contributed by atoms with Crippen molar-refractivity contribution in [3.63, 3.8) is 0 Å². The van der Waals surface area contributed by atoms with E-state index in [9.17, 15) is 9.59 Å². The first-order valence-corrected chi connectivity index (χ1v) is 11.0. The predicted octanol–water partition coefficient (Wildman–Crippen LogP) is 3.26. The van der Waals surface area contributed by atoms with E-state index in [0.29, 0.717) is 38.2 Å². The Morgan fingerprint density at radius 3 is 2.55 bits per heavy atom. The minimum atomic E-state index is -0.117. The fourth-order valence-electron chi connectivity index (χ4n) is 3.79. The monoisotopic (exact) mass is 448 g/mol. The van der Waals surface area contributed by atoms with Crippen molar-refractivity contribution in [2.45, 2.75) is 25.9 Å². The first-order valence-electron chi connectivity index (χ1n) is 11.0. The van der Waals surface area contributed by atoms with Crippen molar-refractivity contribution < 1.29 is 19.1 Å². The molecule has 2 heterocycles. The molecule has 8 nitrogen and oxygen atoms in total. The zero-order valence-electron chi connectivity index (χ0n) is 18.9. The Balaban J connectivity index is 1.47. The predicted molar refractivity (Wildman–Crippen MR) is 125 cm³/mol. The number of hydrogen-bond acceptors (Lipinski definition) is 5. The zero-order chi connectivity index (χ0) is 23.2. The molecule has 4 rings (SSSR count). The van der Waals surface area contributed by atoms with Crippen LogP contribution in [0.1, 0.15) is 28.8 Å². The fourth-order valence-corrected chi connectivity index (χ4v) is 3.79. The molecule has 0 unspecified atom stereocenters. The molecule has 1 aromatic heterocycles. The number of rotatable bonds is 9. The number of carbonyl (C=O) groups is 2. The first-order chi connectivity index (χ1) is 16.1. The topological polar surface area (TPSA) is 85.7 Å². The highest BCUT2D eigenvalue weighted by molar-refractivity contribution is 5.95. The number of ether oxygens (including phenoxy) is 2. The van der Waals surface area contributed by atoms with Crippen LogP contribution in [-0.4, -0.2) is 49.0 Å². The molecule has 1 aliphatic rings. The lowest BCUT2D eigenvalue weighted by molar-refractivity contribution is -0.119. The summed E-state index contributed by atoms with van der Waals surface area (Å²) in [6, 6.07) is 17.0. The van der Waals surface area contributed by atoms with Crippen molar-refractivity contribution in [1.29, 1.82) is 0 Å². The molecule has 1 N–H and O–H groups in total. The van der Waals surface area contributed by atoms with Gasteiger partial charge in [-0.25, -0.2) is 4.68 Å². The molecule has 33 heavy (non-hydrogen) atoms. The average molecular weight is 449 g/mol. The van der Waals surface area contributed by atoms with Crippen LogP contribution in [0.5, 0.6) is 5.75 Å². The highest BCUT2D eigenvalue weighted by Gasteiger charge is 2.26. The van der Waals surface area contributed by atoms with E-state index in [0.717, 1.165) is 34.8 Å². The molecule has 0 saturated carbocycles. The molecule has 2 aromatic carbocycles. The van der Waals surface area contributed by atoms with Crippen LogP contribution in [0.3, 0.4) is 0 Å². The van der Waals surface area contributed by atoms with Crippen LogP contribution in [0.25, 0.3) is 11.3 Å². The Labute approximate surface area is 193 Å². The van der Waals surface area contributed by atoms with E-state index < -0.39 is 0 Å². The Morgan fingerprint density at radius 1 is 1.09 bits per heavy atom. The Bertz CT molecular complexity index is 1110. The normalized spacial score (nSPS) is 13.0. The van der Waals surface area contributed by atoms with Crippen molar-refractivity contribution >= 4 is 17.6 Å². The molecular formula is C25H28N4O4. The molecule has 172 valence electrons. The van der Waals surface area contributed by atoms with E-state index in [4.69, 9.17) is 14.6 Å². The van der Waals surface area contributed by atoms with Crippen molar-refractivity contribution in [3.8, 4) is 17.0 Å². The number of nitrogens with zero attached hydrogens (tertiary/aromatic N) is 3. The molecule has 3 aromatic rings. The fraction of sp³-hybridized carbons (Fsp3) is 0.320. The third-order valence-electron chi connectivity index (χ3n) is 5.63. The average Bonchev–Trinajstić information content (AvgIpc) is 3.29. The van der Waals surface area contributed by atoms with E-state index in [1.165, 1.54) is 0 Å². The number of amides is 2. The van der Waals surface area contributed by atoms with Crippen LogP contribution in [0.4, 0.5) is 5.82 Å². The molecular weight excluding hydrogens is 420 g/mol. The summed E-state index contributed by atoms with van der Waals surface area (Å²) < 4.78 is 12.1. The van der Waals surface area contributed by atoms with Gasteiger partial charge in [-0.15, -0.1) is 0 Å². The maximum Gasteiger partial charge on any atom is 0.251 e. The van der Waals surface area contributed by atoms with E-state index >= 15 is 0 Å². The summed E-state index contributed by atoms with van der Waals surface area (Å²) in [7, 11) is 3.27. The molecule has 1 aliphatic heterocycles. The first kappa shape index (κ1) is 22.5.